The molecule has 4 N–H and O–H groups in total. The summed E-state index contributed by atoms with van der Waals surface area (Å²) in [5.74, 6) is -2.70. The molecule has 2 fully saturated rings. The van der Waals surface area contributed by atoms with Gasteiger partial charge in [-0.1, -0.05) is 66.7 Å². The fourth-order valence-electron chi connectivity index (χ4n) is 5.64. The SMILES string of the molecule is NC1CCN(C(=O)CC(F)(F)c2ccc(-c3ccccc3)cc2)CC1.NSc1ccc2cc(OC3CCCC3)ccc2c1. The van der Waals surface area contributed by atoms with E-state index in [2.05, 4.69) is 30.3 Å². The molecule has 4 aromatic carbocycles. The number of benzene rings is 4. The molecule has 0 aromatic heterocycles. The number of likely N-dealkylation sites (tertiary alicyclic amines) is 1. The standard InChI is InChI=1S/C20H22F2N2O.C15H17NOS/c21-20(22,14-19(25)24-12-10-18(23)11-13-24)17-8-6-16(7-9-17)15-4-2-1-3-5-15;16-18-15-8-6-11-9-14(7-5-12(11)10-15)17-13-3-1-2-4-13/h1-9,18H,10-14,23H2;5-10,13H,1-4,16H2. The maximum atomic E-state index is 14.5. The summed E-state index contributed by atoms with van der Waals surface area (Å²) in [5, 5.41) is 8.00. The molecule has 6 rings (SSSR count). The lowest BCUT2D eigenvalue weighted by Gasteiger charge is -2.31. The monoisotopic (exact) mass is 603 g/mol. The van der Waals surface area contributed by atoms with Crippen molar-refractivity contribution in [1.29, 1.82) is 0 Å². The van der Waals surface area contributed by atoms with Crippen LogP contribution in [0.2, 0.25) is 0 Å². The van der Waals surface area contributed by atoms with Gasteiger partial charge in [0.15, 0.2) is 0 Å². The number of piperidine rings is 1. The van der Waals surface area contributed by atoms with Crippen LogP contribution in [-0.2, 0) is 10.7 Å². The molecule has 8 heteroatoms. The summed E-state index contributed by atoms with van der Waals surface area (Å²) in [7, 11) is 0. The van der Waals surface area contributed by atoms with Crippen LogP contribution in [0.3, 0.4) is 0 Å². The average Bonchev–Trinajstić information content (AvgIpc) is 3.55. The third kappa shape index (κ3) is 8.34. The van der Waals surface area contributed by atoms with E-state index in [0.717, 1.165) is 21.8 Å². The number of amides is 1. The van der Waals surface area contributed by atoms with Gasteiger partial charge in [0.2, 0.25) is 5.91 Å². The van der Waals surface area contributed by atoms with Gasteiger partial charge in [0.1, 0.15) is 5.75 Å². The number of alkyl halides is 2. The number of carbonyl (C=O) groups is 1. The van der Waals surface area contributed by atoms with Gasteiger partial charge in [-0.05, 0) is 96.6 Å². The van der Waals surface area contributed by atoms with Gasteiger partial charge < -0.3 is 15.4 Å². The second kappa shape index (κ2) is 14.3. The number of halogens is 2. The Labute approximate surface area is 256 Å². The lowest BCUT2D eigenvalue weighted by molar-refractivity contribution is -0.140. The highest BCUT2D eigenvalue weighted by Crippen LogP contribution is 2.34. The van der Waals surface area contributed by atoms with Crippen molar-refractivity contribution >= 4 is 28.6 Å². The molecule has 1 heterocycles. The van der Waals surface area contributed by atoms with E-state index in [-0.39, 0.29) is 11.6 Å². The van der Waals surface area contributed by atoms with Gasteiger partial charge >= 0.3 is 0 Å². The number of hydrogen-bond acceptors (Lipinski definition) is 5. The van der Waals surface area contributed by atoms with Crippen molar-refractivity contribution in [3.05, 3.63) is 96.6 Å². The Kier molecular flexibility index (Phi) is 10.3. The number of rotatable bonds is 7. The van der Waals surface area contributed by atoms with Crippen LogP contribution in [0.1, 0.15) is 50.5 Å². The van der Waals surface area contributed by atoms with Crippen molar-refractivity contribution in [2.45, 2.75) is 67.9 Å². The maximum absolute atomic E-state index is 14.5. The van der Waals surface area contributed by atoms with E-state index in [4.69, 9.17) is 15.6 Å². The van der Waals surface area contributed by atoms with E-state index in [1.807, 2.05) is 36.4 Å². The molecule has 0 spiro atoms. The molecule has 0 atom stereocenters. The molecule has 4 aromatic rings. The second-order valence-corrected chi connectivity index (χ2v) is 12.1. The Morgan fingerprint density at radius 3 is 2.14 bits per heavy atom. The molecule has 1 aliphatic heterocycles. The molecular formula is C35H39F2N3O2S. The highest BCUT2D eigenvalue weighted by Gasteiger charge is 2.36. The van der Waals surface area contributed by atoms with Gasteiger partial charge in [-0.25, -0.2) is 8.78 Å². The van der Waals surface area contributed by atoms with Crippen molar-refractivity contribution in [3.8, 4) is 16.9 Å². The summed E-state index contributed by atoms with van der Waals surface area (Å²) in [4.78, 5) is 14.8. The number of carbonyl (C=O) groups excluding carboxylic acids is 1. The molecule has 0 bridgehead atoms. The number of hydrogen-bond donors (Lipinski definition) is 2. The first-order valence-corrected chi connectivity index (χ1v) is 15.8. The van der Waals surface area contributed by atoms with Crippen LogP contribution in [0, 0.1) is 0 Å². The molecule has 0 unspecified atom stereocenters. The van der Waals surface area contributed by atoms with Gasteiger partial charge in [-0.2, -0.15) is 0 Å². The maximum Gasteiger partial charge on any atom is 0.281 e. The third-order valence-corrected chi connectivity index (χ3v) is 8.73. The first-order chi connectivity index (χ1) is 20.8. The molecule has 2 aliphatic rings. The summed E-state index contributed by atoms with van der Waals surface area (Å²) in [6.45, 7) is 0.923. The van der Waals surface area contributed by atoms with Crippen LogP contribution in [-0.4, -0.2) is 36.0 Å². The Balaban J connectivity index is 0.000000180. The largest absolute Gasteiger partial charge is 0.490 e. The minimum absolute atomic E-state index is 0.0649. The predicted octanol–water partition coefficient (Wildman–Crippen LogP) is 7.91. The number of nitrogens with zero attached hydrogens (tertiary/aromatic N) is 1. The molecule has 226 valence electrons. The lowest BCUT2D eigenvalue weighted by atomic mass is 9.99. The van der Waals surface area contributed by atoms with Crippen LogP contribution in [0.5, 0.6) is 5.75 Å². The fraction of sp³-hybridized carbons (Fsp3) is 0.343. The average molecular weight is 604 g/mol. The minimum Gasteiger partial charge on any atom is -0.490 e. The third-order valence-electron chi connectivity index (χ3n) is 8.20. The number of ether oxygens (including phenoxy) is 1. The van der Waals surface area contributed by atoms with Gasteiger partial charge in [0, 0.05) is 29.6 Å². The van der Waals surface area contributed by atoms with Gasteiger partial charge in [-0.15, -0.1) is 0 Å². The van der Waals surface area contributed by atoms with Gasteiger partial charge in [0.05, 0.1) is 12.5 Å². The van der Waals surface area contributed by atoms with Crippen LogP contribution in [0.15, 0.2) is 95.9 Å². The molecule has 0 radical (unpaired) electrons. The summed E-state index contributed by atoms with van der Waals surface area (Å²) in [5.41, 5.74) is 7.50. The fourth-order valence-corrected chi connectivity index (χ4v) is 5.98. The first kappa shape index (κ1) is 31.0. The summed E-state index contributed by atoms with van der Waals surface area (Å²) >= 11 is 1.28. The number of fused-ring (bicyclic) bond motifs is 1. The van der Waals surface area contributed by atoms with Crippen molar-refractivity contribution < 1.29 is 18.3 Å². The van der Waals surface area contributed by atoms with E-state index in [0.29, 0.717) is 32.0 Å². The Morgan fingerprint density at radius 2 is 1.47 bits per heavy atom. The van der Waals surface area contributed by atoms with E-state index in [9.17, 15) is 13.6 Å². The molecule has 43 heavy (non-hydrogen) atoms. The van der Waals surface area contributed by atoms with Crippen molar-refractivity contribution in [2.24, 2.45) is 10.9 Å². The quantitative estimate of drug-likeness (QED) is 0.210. The molecule has 1 aliphatic carbocycles. The van der Waals surface area contributed by atoms with Crippen LogP contribution in [0.25, 0.3) is 21.9 Å². The zero-order valence-corrected chi connectivity index (χ0v) is 25.1. The molecule has 1 saturated heterocycles. The van der Waals surface area contributed by atoms with Crippen molar-refractivity contribution in [2.75, 3.05) is 13.1 Å². The zero-order valence-electron chi connectivity index (χ0n) is 24.3. The molecule has 5 nitrogen and oxygen atoms in total. The lowest BCUT2D eigenvalue weighted by Crippen LogP contribution is -2.44. The zero-order chi connectivity index (χ0) is 30.2. The Morgan fingerprint density at radius 1 is 0.837 bits per heavy atom. The minimum atomic E-state index is -3.17. The van der Waals surface area contributed by atoms with Crippen LogP contribution < -0.4 is 15.6 Å². The smallest absolute Gasteiger partial charge is 0.281 e. The summed E-state index contributed by atoms with van der Waals surface area (Å²) in [6.07, 6.45) is 5.95. The Bertz CT molecular complexity index is 1490. The van der Waals surface area contributed by atoms with Crippen molar-refractivity contribution in [3.63, 3.8) is 0 Å². The molecule has 1 amide bonds. The normalized spacial score (nSPS) is 16.1. The van der Waals surface area contributed by atoms with E-state index >= 15 is 0 Å². The molecule has 1 saturated carbocycles. The van der Waals surface area contributed by atoms with E-state index < -0.39 is 18.3 Å². The highest BCUT2D eigenvalue weighted by molar-refractivity contribution is 7.97. The van der Waals surface area contributed by atoms with E-state index in [1.165, 1.54) is 65.4 Å². The van der Waals surface area contributed by atoms with Crippen molar-refractivity contribution in [1.82, 2.24) is 4.90 Å². The van der Waals surface area contributed by atoms with E-state index in [1.54, 1.807) is 12.1 Å². The first-order valence-electron chi connectivity index (χ1n) is 14.9. The van der Waals surface area contributed by atoms with Gasteiger partial charge in [0.25, 0.3) is 5.92 Å². The number of nitrogens with two attached hydrogens (primary N) is 2. The van der Waals surface area contributed by atoms with Crippen LogP contribution in [0.4, 0.5) is 8.78 Å². The summed E-state index contributed by atoms with van der Waals surface area (Å²) < 4.78 is 35.0. The second-order valence-electron chi connectivity index (χ2n) is 11.4. The predicted molar refractivity (Wildman–Crippen MR) is 171 cm³/mol. The topological polar surface area (TPSA) is 81.6 Å². The van der Waals surface area contributed by atoms with Gasteiger partial charge in [-0.3, -0.25) is 9.93 Å². The Hall–Kier alpha value is -3.46. The summed E-state index contributed by atoms with van der Waals surface area (Å²) in [6, 6.07) is 28.3. The van der Waals surface area contributed by atoms with Crippen LogP contribution >= 0.6 is 11.9 Å². The highest BCUT2D eigenvalue weighted by atomic mass is 32.2. The molecular weight excluding hydrogens is 564 g/mol.